The van der Waals surface area contributed by atoms with Crippen LogP contribution in [0.4, 0.5) is 23.0 Å². The van der Waals surface area contributed by atoms with Crippen LogP contribution in [0.2, 0.25) is 0 Å². The van der Waals surface area contributed by atoms with Crippen LogP contribution < -0.4 is 21.1 Å². The fraction of sp³-hybridized carbons (Fsp3) is 0.0870. The van der Waals surface area contributed by atoms with E-state index in [0.717, 1.165) is 22.0 Å². The first kappa shape index (κ1) is 20.6. The minimum atomic E-state index is -0.263. The first-order valence-electron chi connectivity index (χ1n) is 9.99. The Bertz CT molecular complexity index is 1500. The van der Waals surface area contributed by atoms with E-state index in [4.69, 9.17) is 10.5 Å². The number of methoxy groups -OCH3 is 1. The van der Waals surface area contributed by atoms with E-state index >= 15 is 0 Å². The standard InChI is InChI=1S/C23H19N7O2S/c1-12-3-5-15-14(7-8-25-22(15)29-13-4-6-17(32-2)26-9-13)18(12)30-23(31)16-10-33-20-19(16)27-11-28-21(20)24/h3-11H,1-2H3,(H,25,29)(H,30,31)(H2,24,27,28). The molecule has 4 N–H and O–H groups in total. The molecule has 0 unspecified atom stereocenters. The van der Waals surface area contributed by atoms with Gasteiger partial charge in [0.15, 0.2) is 0 Å². The maximum Gasteiger partial charge on any atom is 0.258 e. The van der Waals surface area contributed by atoms with Gasteiger partial charge in [0, 0.05) is 28.4 Å². The number of nitrogens with two attached hydrogens (primary N) is 1. The number of fused-ring (bicyclic) bond motifs is 2. The average Bonchev–Trinajstić information content (AvgIpc) is 3.27. The lowest BCUT2D eigenvalue weighted by atomic mass is 10.1. The Hall–Kier alpha value is -4.31. The molecule has 33 heavy (non-hydrogen) atoms. The highest BCUT2D eigenvalue weighted by molar-refractivity contribution is 7.18. The normalized spacial score (nSPS) is 11.0. The first-order valence-corrected chi connectivity index (χ1v) is 10.9. The van der Waals surface area contributed by atoms with Crippen LogP contribution in [0.3, 0.4) is 0 Å². The van der Waals surface area contributed by atoms with Gasteiger partial charge in [0.05, 0.1) is 40.5 Å². The molecular formula is C23H19N7O2S. The maximum absolute atomic E-state index is 13.2. The third-order valence-corrected chi connectivity index (χ3v) is 6.22. The van der Waals surface area contributed by atoms with Crippen molar-refractivity contribution >= 4 is 61.2 Å². The second-order valence-corrected chi connectivity index (χ2v) is 8.15. The SMILES string of the molecule is COc1ccc(Nc2nccc3c(NC(=O)c4csc5c(N)ncnc45)c(C)ccc23)cn1. The average molecular weight is 458 g/mol. The summed E-state index contributed by atoms with van der Waals surface area (Å²) < 4.78 is 5.81. The highest BCUT2D eigenvalue weighted by Gasteiger charge is 2.18. The molecule has 0 saturated carbocycles. The fourth-order valence-electron chi connectivity index (χ4n) is 3.55. The quantitative estimate of drug-likeness (QED) is 0.351. The van der Waals surface area contributed by atoms with Gasteiger partial charge in [0.2, 0.25) is 5.88 Å². The molecule has 0 aliphatic carbocycles. The number of amides is 1. The zero-order valence-electron chi connectivity index (χ0n) is 17.8. The molecule has 0 spiro atoms. The second-order valence-electron chi connectivity index (χ2n) is 7.27. The lowest BCUT2D eigenvalue weighted by Gasteiger charge is -2.14. The number of nitrogens with zero attached hydrogens (tertiary/aromatic N) is 4. The molecule has 0 radical (unpaired) electrons. The third-order valence-electron chi connectivity index (χ3n) is 5.23. The van der Waals surface area contributed by atoms with Crippen molar-refractivity contribution in [1.29, 1.82) is 0 Å². The first-order chi connectivity index (χ1) is 16.0. The monoisotopic (exact) mass is 457 g/mol. The Balaban J connectivity index is 1.51. The van der Waals surface area contributed by atoms with Crippen LogP contribution in [0, 0.1) is 6.92 Å². The molecule has 164 valence electrons. The van der Waals surface area contributed by atoms with E-state index in [9.17, 15) is 4.79 Å². The Morgan fingerprint density at radius 3 is 2.73 bits per heavy atom. The van der Waals surface area contributed by atoms with Gasteiger partial charge in [0.25, 0.3) is 5.91 Å². The predicted octanol–water partition coefficient (Wildman–Crippen LogP) is 4.53. The van der Waals surface area contributed by atoms with Gasteiger partial charge in [-0.1, -0.05) is 12.1 Å². The molecule has 0 atom stereocenters. The number of benzene rings is 1. The summed E-state index contributed by atoms with van der Waals surface area (Å²) in [5.41, 5.74) is 9.31. The van der Waals surface area contributed by atoms with Crippen LogP contribution in [0.15, 0.2) is 54.4 Å². The summed E-state index contributed by atoms with van der Waals surface area (Å²) in [7, 11) is 1.57. The summed E-state index contributed by atoms with van der Waals surface area (Å²) in [5.74, 6) is 1.28. The molecule has 4 heterocycles. The number of carbonyl (C=O) groups excluding carboxylic acids is 1. The highest BCUT2D eigenvalue weighted by Crippen LogP contribution is 2.33. The lowest BCUT2D eigenvalue weighted by Crippen LogP contribution is -2.13. The number of anilines is 4. The molecule has 0 fully saturated rings. The van der Waals surface area contributed by atoms with Gasteiger partial charge in [-0.15, -0.1) is 11.3 Å². The molecule has 0 saturated heterocycles. The van der Waals surface area contributed by atoms with Gasteiger partial charge in [-0.25, -0.2) is 19.9 Å². The van der Waals surface area contributed by atoms with E-state index < -0.39 is 0 Å². The molecule has 5 rings (SSSR count). The number of nitrogen functional groups attached to an aromatic ring is 1. The van der Waals surface area contributed by atoms with E-state index in [1.807, 2.05) is 31.2 Å². The smallest absolute Gasteiger partial charge is 0.258 e. The van der Waals surface area contributed by atoms with Crippen molar-refractivity contribution in [3.05, 3.63) is 65.6 Å². The molecule has 9 nitrogen and oxygen atoms in total. The molecule has 0 aliphatic heterocycles. The van der Waals surface area contributed by atoms with Crippen molar-refractivity contribution in [2.45, 2.75) is 6.92 Å². The van der Waals surface area contributed by atoms with Gasteiger partial charge in [-0.3, -0.25) is 4.79 Å². The summed E-state index contributed by atoms with van der Waals surface area (Å²) in [4.78, 5) is 30.1. The van der Waals surface area contributed by atoms with Crippen LogP contribution in [-0.2, 0) is 0 Å². The number of hydrogen-bond donors (Lipinski definition) is 3. The van der Waals surface area contributed by atoms with Crippen molar-refractivity contribution in [3.8, 4) is 5.88 Å². The van der Waals surface area contributed by atoms with Crippen LogP contribution >= 0.6 is 11.3 Å². The topological polar surface area (TPSA) is 128 Å². The number of hydrogen-bond acceptors (Lipinski definition) is 9. The Kier molecular flexibility index (Phi) is 5.19. The van der Waals surface area contributed by atoms with Gasteiger partial charge < -0.3 is 21.1 Å². The summed E-state index contributed by atoms with van der Waals surface area (Å²) in [5, 5.41) is 9.80. The number of ether oxygens (including phenoxy) is 1. The lowest BCUT2D eigenvalue weighted by molar-refractivity contribution is 0.102. The number of carbonyl (C=O) groups is 1. The molecule has 1 amide bonds. The Labute approximate surface area is 192 Å². The van der Waals surface area contributed by atoms with Crippen LogP contribution in [0.1, 0.15) is 15.9 Å². The third kappa shape index (κ3) is 3.76. The van der Waals surface area contributed by atoms with Gasteiger partial charge in [0.1, 0.15) is 18.0 Å². The van der Waals surface area contributed by atoms with Crippen molar-refractivity contribution < 1.29 is 9.53 Å². The van der Waals surface area contributed by atoms with Crippen LogP contribution in [0.25, 0.3) is 21.0 Å². The van der Waals surface area contributed by atoms with E-state index in [1.165, 1.54) is 17.7 Å². The molecule has 10 heteroatoms. The summed E-state index contributed by atoms with van der Waals surface area (Å²) in [6, 6.07) is 9.42. The Morgan fingerprint density at radius 1 is 1.06 bits per heavy atom. The van der Waals surface area contributed by atoms with Gasteiger partial charge in [-0.2, -0.15) is 0 Å². The largest absolute Gasteiger partial charge is 0.481 e. The number of aromatic nitrogens is 4. The molecule has 4 aromatic heterocycles. The zero-order valence-corrected chi connectivity index (χ0v) is 18.6. The number of thiophene rings is 1. The molecule has 0 bridgehead atoms. The van der Waals surface area contributed by atoms with Crippen molar-refractivity contribution in [2.24, 2.45) is 0 Å². The van der Waals surface area contributed by atoms with Crippen LogP contribution in [-0.4, -0.2) is 33.0 Å². The molecule has 0 aliphatic rings. The summed E-state index contributed by atoms with van der Waals surface area (Å²) in [6.07, 6.45) is 4.73. The van der Waals surface area contributed by atoms with E-state index in [0.29, 0.717) is 39.0 Å². The number of pyridine rings is 2. The van der Waals surface area contributed by atoms with E-state index in [2.05, 4.69) is 30.6 Å². The number of nitrogens with one attached hydrogen (secondary N) is 2. The fourth-order valence-corrected chi connectivity index (χ4v) is 4.45. The molecular weight excluding hydrogens is 438 g/mol. The van der Waals surface area contributed by atoms with Crippen molar-refractivity contribution in [2.75, 3.05) is 23.5 Å². The molecule has 1 aromatic carbocycles. The number of rotatable bonds is 5. The van der Waals surface area contributed by atoms with E-state index in [1.54, 1.807) is 30.9 Å². The van der Waals surface area contributed by atoms with Crippen LogP contribution in [0.5, 0.6) is 5.88 Å². The van der Waals surface area contributed by atoms with Crippen molar-refractivity contribution in [1.82, 2.24) is 19.9 Å². The predicted molar refractivity (Wildman–Crippen MR) is 130 cm³/mol. The zero-order chi connectivity index (χ0) is 22.9. The highest BCUT2D eigenvalue weighted by atomic mass is 32.1. The van der Waals surface area contributed by atoms with Gasteiger partial charge in [-0.05, 0) is 24.6 Å². The maximum atomic E-state index is 13.2. The molecule has 5 aromatic rings. The Morgan fingerprint density at radius 2 is 1.94 bits per heavy atom. The summed E-state index contributed by atoms with van der Waals surface area (Å²) in [6.45, 7) is 1.95. The summed E-state index contributed by atoms with van der Waals surface area (Å²) >= 11 is 1.35. The van der Waals surface area contributed by atoms with E-state index in [-0.39, 0.29) is 5.91 Å². The van der Waals surface area contributed by atoms with Gasteiger partial charge >= 0.3 is 0 Å². The minimum Gasteiger partial charge on any atom is -0.481 e. The minimum absolute atomic E-state index is 0.263. The van der Waals surface area contributed by atoms with Crippen molar-refractivity contribution in [3.63, 3.8) is 0 Å². The number of aryl methyl sites for hydroxylation is 1. The second kappa shape index (κ2) is 8.32.